The molecule has 2 fully saturated rings. The first-order valence-electron chi connectivity index (χ1n) is 12.2. The molecule has 1 saturated heterocycles. The summed E-state index contributed by atoms with van der Waals surface area (Å²) in [7, 11) is 1.61. The third-order valence-electron chi connectivity index (χ3n) is 7.03. The zero-order chi connectivity index (χ0) is 25.4. The van der Waals surface area contributed by atoms with Crippen LogP contribution in [-0.2, 0) is 4.79 Å². The van der Waals surface area contributed by atoms with E-state index in [0.717, 1.165) is 30.0 Å². The van der Waals surface area contributed by atoms with Gasteiger partial charge >= 0.3 is 0 Å². The average molecular weight is 499 g/mol. The highest BCUT2D eigenvalue weighted by atomic mass is 19.3. The number of ether oxygens (including phenoxy) is 1. The molecule has 6 nitrogen and oxygen atoms in total. The van der Waals surface area contributed by atoms with Crippen molar-refractivity contribution in [2.75, 3.05) is 43.5 Å². The van der Waals surface area contributed by atoms with Crippen LogP contribution in [0.5, 0.6) is 5.75 Å². The fourth-order valence-corrected chi connectivity index (χ4v) is 4.84. The Labute approximate surface area is 208 Å². The fourth-order valence-electron chi connectivity index (χ4n) is 4.84. The molecule has 2 aliphatic rings. The van der Waals surface area contributed by atoms with Gasteiger partial charge in [-0.1, -0.05) is 18.2 Å². The van der Waals surface area contributed by atoms with Gasteiger partial charge in [-0.15, -0.1) is 0 Å². The number of methoxy groups -OCH3 is 1. The van der Waals surface area contributed by atoms with Gasteiger partial charge in [0.25, 0.3) is 6.43 Å². The standard InChI is InChI=1S/C27H29F3N4O2/c1-16(18-4-3-5-19(25(18)28)26(29)30)32-21-8-9-31-22-15-24(36-2)23(14-20(21)22)33-10-12-34(13-11-33)27(35)17-6-7-17/h3-5,8-9,14-17,26H,6-7,10-13H2,1-2H3,(H,31,32)/t16-/m1/s1. The van der Waals surface area contributed by atoms with Crippen LogP contribution in [0.15, 0.2) is 42.6 Å². The number of rotatable bonds is 7. The van der Waals surface area contributed by atoms with Crippen molar-refractivity contribution in [1.29, 1.82) is 0 Å². The van der Waals surface area contributed by atoms with Gasteiger partial charge in [-0.05, 0) is 31.9 Å². The molecule has 2 aromatic carbocycles. The summed E-state index contributed by atoms with van der Waals surface area (Å²) < 4.78 is 46.8. The predicted octanol–water partition coefficient (Wildman–Crippen LogP) is 5.55. The molecule has 3 aromatic rings. The Kier molecular flexibility index (Phi) is 6.64. The Morgan fingerprint density at radius 2 is 1.83 bits per heavy atom. The molecule has 36 heavy (non-hydrogen) atoms. The monoisotopic (exact) mass is 498 g/mol. The fraction of sp³-hybridized carbons (Fsp3) is 0.407. The largest absolute Gasteiger partial charge is 0.495 e. The van der Waals surface area contributed by atoms with Crippen LogP contribution in [0.4, 0.5) is 24.5 Å². The molecule has 0 radical (unpaired) electrons. The van der Waals surface area contributed by atoms with Crippen molar-refractivity contribution in [3.8, 4) is 5.75 Å². The van der Waals surface area contributed by atoms with Gasteiger partial charge in [0.15, 0.2) is 0 Å². The number of hydrogen-bond acceptors (Lipinski definition) is 5. The Bertz CT molecular complexity index is 1270. The van der Waals surface area contributed by atoms with E-state index in [4.69, 9.17) is 4.74 Å². The normalized spacial score (nSPS) is 16.9. The maximum Gasteiger partial charge on any atom is 0.266 e. The van der Waals surface area contributed by atoms with Gasteiger partial charge in [0.1, 0.15) is 11.6 Å². The molecule has 1 atom stereocenters. The third-order valence-corrected chi connectivity index (χ3v) is 7.03. The molecule has 2 heterocycles. The maximum absolute atomic E-state index is 14.8. The summed E-state index contributed by atoms with van der Waals surface area (Å²) in [5.41, 5.74) is 1.85. The molecule has 0 bridgehead atoms. The summed E-state index contributed by atoms with van der Waals surface area (Å²) in [6.07, 6.45) is 0.753. The van der Waals surface area contributed by atoms with Crippen LogP contribution < -0.4 is 15.0 Å². The van der Waals surface area contributed by atoms with Gasteiger partial charge in [0.05, 0.1) is 29.9 Å². The Balaban J connectivity index is 1.42. The van der Waals surface area contributed by atoms with Gasteiger partial charge in [-0.2, -0.15) is 0 Å². The van der Waals surface area contributed by atoms with E-state index in [1.54, 1.807) is 26.3 Å². The number of nitrogens with one attached hydrogen (secondary N) is 1. The summed E-state index contributed by atoms with van der Waals surface area (Å²) >= 11 is 0. The topological polar surface area (TPSA) is 57.7 Å². The predicted molar refractivity (Wildman–Crippen MR) is 133 cm³/mol. The lowest BCUT2D eigenvalue weighted by Crippen LogP contribution is -2.49. The van der Waals surface area contributed by atoms with Crippen molar-refractivity contribution in [3.63, 3.8) is 0 Å². The van der Waals surface area contributed by atoms with Crippen LogP contribution in [0, 0.1) is 11.7 Å². The summed E-state index contributed by atoms with van der Waals surface area (Å²) in [6.45, 7) is 4.42. The molecule has 0 spiro atoms. The quantitative estimate of drug-likeness (QED) is 0.463. The van der Waals surface area contributed by atoms with Crippen molar-refractivity contribution in [3.05, 3.63) is 59.5 Å². The minimum atomic E-state index is -2.88. The van der Waals surface area contributed by atoms with Crippen molar-refractivity contribution in [2.45, 2.75) is 32.2 Å². The Hall–Kier alpha value is -3.49. The minimum absolute atomic E-state index is 0.169. The van der Waals surface area contributed by atoms with Gasteiger partial charge in [-0.3, -0.25) is 9.78 Å². The van der Waals surface area contributed by atoms with E-state index in [9.17, 15) is 18.0 Å². The number of anilines is 2. The van der Waals surface area contributed by atoms with Crippen LogP contribution in [0.2, 0.25) is 0 Å². The number of carbonyl (C=O) groups is 1. The lowest BCUT2D eigenvalue weighted by Gasteiger charge is -2.37. The van der Waals surface area contributed by atoms with Crippen LogP contribution in [0.25, 0.3) is 10.9 Å². The summed E-state index contributed by atoms with van der Waals surface area (Å²) in [6, 6.07) is 9.14. The van der Waals surface area contributed by atoms with Crippen molar-refractivity contribution in [1.82, 2.24) is 9.88 Å². The van der Waals surface area contributed by atoms with Crippen molar-refractivity contribution in [2.24, 2.45) is 5.92 Å². The number of hydrogen-bond donors (Lipinski definition) is 1. The molecule has 1 N–H and O–H groups in total. The Morgan fingerprint density at radius 3 is 2.50 bits per heavy atom. The molecular weight excluding hydrogens is 469 g/mol. The second kappa shape index (κ2) is 9.87. The molecular formula is C27H29F3N4O2. The van der Waals surface area contributed by atoms with E-state index in [0.29, 0.717) is 43.1 Å². The lowest BCUT2D eigenvalue weighted by atomic mass is 10.0. The number of alkyl halides is 2. The molecule has 1 amide bonds. The van der Waals surface area contributed by atoms with E-state index in [-0.39, 0.29) is 17.4 Å². The number of fused-ring (bicyclic) bond motifs is 1. The summed E-state index contributed by atoms with van der Waals surface area (Å²) in [5, 5.41) is 4.09. The van der Waals surface area contributed by atoms with Gasteiger partial charge in [0.2, 0.25) is 5.91 Å². The number of pyridine rings is 1. The van der Waals surface area contributed by atoms with Crippen LogP contribution in [-0.4, -0.2) is 49.1 Å². The van der Waals surface area contributed by atoms with E-state index in [2.05, 4.69) is 15.2 Å². The van der Waals surface area contributed by atoms with Crippen LogP contribution in [0.3, 0.4) is 0 Å². The Morgan fingerprint density at radius 1 is 1.11 bits per heavy atom. The average Bonchev–Trinajstić information content (AvgIpc) is 3.73. The molecule has 1 aliphatic heterocycles. The lowest BCUT2D eigenvalue weighted by molar-refractivity contribution is -0.132. The second-order valence-electron chi connectivity index (χ2n) is 9.40. The first-order valence-corrected chi connectivity index (χ1v) is 12.2. The highest BCUT2D eigenvalue weighted by Gasteiger charge is 2.35. The molecule has 1 aromatic heterocycles. The summed E-state index contributed by atoms with van der Waals surface area (Å²) in [4.78, 5) is 21.1. The van der Waals surface area contributed by atoms with E-state index < -0.39 is 23.8 Å². The van der Waals surface area contributed by atoms with E-state index >= 15 is 0 Å². The smallest absolute Gasteiger partial charge is 0.266 e. The number of benzene rings is 2. The number of carbonyl (C=O) groups excluding carboxylic acids is 1. The third kappa shape index (κ3) is 4.66. The second-order valence-corrected chi connectivity index (χ2v) is 9.40. The molecule has 1 aliphatic carbocycles. The SMILES string of the molecule is COc1cc2nccc(N[C@H](C)c3cccc(C(F)F)c3F)c2cc1N1CCN(C(=O)C2CC2)CC1. The molecule has 190 valence electrons. The van der Waals surface area contributed by atoms with Crippen molar-refractivity contribution < 1.29 is 22.7 Å². The molecule has 1 saturated carbocycles. The highest BCUT2D eigenvalue weighted by Crippen LogP contribution is 2.38. The minimum Gasteiger partial charge on any atom is -0.495 e. The van der Waals surface area contributed by atoms with Gasteiger partial charge in [-0.25, -0.2) is 13.2 Å². The van der Waals surface area contributed by atoms with E-state index in [1.807, 2.05) is 17.0 Å². The number of halogens is 3. The highest BCUT2D eigenvalue weighted by molar-refractivity contribution is 5.95. The first kappa shape index (κ1) is 24.2. The first-order chi connectivity index (χ1) is 17.4. The van der Waals surface area contributed by atoms with Gasteiger partial charge in [0, 0.05) is 61.0 Å². The molecule has 5 rings (SSSR count). The van der Waals surface area contributed by atoms with Crippen molar-refractivity contribution >= 4 is 28.2 Å². The van der Waals surface area contributed by atoms with E-state index in [1.165, 1.54) is 12.1 Å². The van der Waals surface area contributed by atoms with Gasteiger partial charge < -0.3 is 19.9 Å². The number of amides is 1. The number of piperazine rings is 1. The zero-order valence-corrected chi connectivity index (χ0v) is 20.3. The number of aromatic nitrogens is 1. The molecule has 0 unspecified atom stereocenters. The van der Waals surface area contributed by atoms with Crippen LogP contribution >= 0.6 is 0 Å². The van der Waals surface area contributed by atoms with Crippen LogP contribution in [0.1, 0.15) is 43.4 Å². The number of nitrogens with zero attached hydrogens (tertiary/aromatic N) is 3. The molecule has 9 heteroatoms. The summed E-state index contributed by atoms with van der Waals surface area (Å²) in [5.74, 6) is 0.248. The maximum atomic E-state index is 14.8. The zero-order valence-electron chi connectivity index (χ0n) is 20.3.